The maximum Gasteiger partial charge on any atom is 0.410 e. The van der Waals surface area contributed by atoms with Gasteiger partial charge in [0.05, 0.1) is 0 Å². The van der Waals surface area contributed by atoms with Crippen LogP contribution in [0.4, 0.5) is 10.5 Å². The van der Waals surface area contributed by atoms with Crippen molar-refractivity contribution in [3.8, 4) is 0 Å². The van der Waals surface area contributed by atoms with Crippen LogP contribution in [0.3, 0.4) is 0 Å². The third-order valence-corrected chi connectivity index (χ3v) is 7.44. The molecule has 184 valence electrons. The number of likely N-dealkylation sites (tertiary alicyclic amines) is 2. The fraction of sp³-hybridized carbons (Fsp3) is 0.552. The lowest BCUT2D eigenvalue weighted by Gasteiger charge is -2.50. The van der Waals surface area contributed by atoms with Crippen LogP contribution in [-0.2, 0) is 11.3 Å². The van der Waals surface area contributed by atoms with E-state index in [1.165, 1.54) is 11.3 Å². The second-order valence-electron chi connectivity index (χ2n) is 11.1. The van der Waals surface area contributed by atoms with E-state index >= 15 is 0 Å². The van der Waals surface area contributed by atoms with E-state index in [0.717, 1.165) is 58.4 Å². The number of ether oxygens (including phenoxy) is 1. The van der Waals surface area contributed by atoms with Gasteiger partial charge in [0.2, 0.25) is 0 Å². The summed E-state index contributed by atoms with van der Waals surface area (Å²) >= 11 is 0. The van der Waals surface area contributed by atoms with Crippen LogP contribution in [0.1, 0.15) is 58.9 Å². The highest BCUT2D eigenvalue weighted by Crippen LogP contribution is 2.34. The van der Waals surface area contributed by atoms with E-state index in [2.05, 4.69) is 77.4 Å². The molecule has 0 aromatic heterocycles. The van der Waals surface area contributed by atoms with E-state index in [4.69, 9.17) is 4.74 Å². The number of nitrogens with zero attached hydrogens (tertiary/aromatic N) is 3. The highest BCUT2D eigenvalue weighted by Gasteiger charge is 2.40. The Morgan fingerprint density at radius 3 is 2.06 bits per heavy atom. The Balaban J connectivity index is 1.36. The van der Waals surface area contributed by atoms with Gasteiger partial charge in [0.15, 0.2) is 0 Å². The summed E-state index contributed by atoms with van der Waals surface area (Å²) in [5, 5.41) is 0. The van der Waals surface area contributed by atoms with Crippen molar-refractivity contribution < 1.29 is 9.53 Å². The number of amides is 1. The smallest absolute Gasteiger partial charge is 0.410 e. The minimum Gasteiger partial charge on any atom is -0.444 e. The topological polar surface area (TPSA) is 36.0 Å². The summed E-state index contributed by atoms with van der Waals surface area (Å²) in [7, 11) is 0. The molecule has 2 aromatic rings. The molecule has 2 aliphatic rings. The molecule has 0 N–H and O–H groups in total. The minimum absolute atomic E-state index is 0.153. The third-order valence-electron chi connectivity index (χ3n) is 7.44. The summed E-state index contributed by atoms with van der Waals surface area (Å²) in [6.07, 6.45) is 4.15. The highest BCUT2D eigenvalue weighted by molar-refractivity contribution is 5.68. The predicted molar refractivity (Wildman–Crippen MR) is 139 cm³/mol. The number of carbonyl (C=O) groups is 1. The fourth-order valence-corrected chi connectivity index (χ4v) is 5.36. The van der Waals surface area contributed by atoms with Gasteiger partial charge in [-0.25, -0.2) is 4.79 Å². The molecule has 2 aromatic carbocycles. The Bertz CT molecular complexity index is 909. The Kier molecular flexibility index (Phi) is 7.51. The number of piperidine rings is 2. The second-order valence-corrected chi connectivity index (χ2v) is 11.1. The Hall–Kier alpha value is -2.53. The van der Waals surface area contributed by atoms with Gasteiger partial charge in [0.1, 0.15) is 5.60 Å². The first-order valence-electron chi connectivity index (χ1n) is 12.8. The van der Waals surface area contributed by atoms with Crippen molar-refractivity contribution in [2.75, 3.05) is 31.1 Å². The van der Waals surface area contributed by atoms with Gasteiger partial charge in [0, 0.05) is 50.0 Å². The molecule has 5 nitrogen and oxygen atoms in total. The first kappa shape index (κ1) is 24.6. The molecule has 0 aliphatic carbocycles. The van der Waals surface area contributed by atoms with Gasteiger partial charge in [-0.1, -0.05) is 48.5 Å². The lowest BCUT2D eigenvalue weighted by molar-refractivity contribution is -0.00780. The molecular formula is C29H41N3O2. The van der Waals surface area contributed by atoms with Crippen LogP contribution in [-0.4, -0.2) is 59.3 Å². The zero-order chi connectivity index (χ0) is 24.2. The van der Waals surface area contributed by atoms with Crippen molar-refractivity contribution >= 4 is 11.8 Å². The quantitative estimate of drug-likeness (QED) is 0.549. The molecule has 2 fully saturated rings. The van der Waals surface area contributed by atoms with Crippen molar-refractivity contribution in [3.05, 3.63) is 66.2 Å². The summed E-state index contributed by atoms with van der Waals surface area (Å²) < 4.78 is 5.59. The Morgan fingerprint density at radius 2 is 1.50 bits per heavy atom. The van der Waals surface area contributed by atoms with Gasteiger partial charge in [-0.15, -0.1) is 0 Å². The summed E-state index contributed by atoms with van der Waals surface area (Å²) in [5.41, 5.74) is 2.38. The maximum atomic E-state index is 12.5. The van der Waals surface area contributed by atoms with Crippen LogP contribution in [0.15, 0.2) is 60.7 Å². The summed E-state index contributed by atoms with van der Waals surface area (Å²) in [6.45, 7) is 12.9. The van der Waals surface area contributed by atoms with Gasteiger partial charge in [0.25, 0.3) is 0 Å². The van der Waals surface area contributed by atoms with Crippen LogP contribution >= 0.6 is 0 Å². The van der Waals surface area contributed by atoms with E-state index < -0.39 is 5.60 Å². The molecule has 0 radical (unpaired) electrons. The first-order chi connectivity index (χ1) is 16.2. The van der Waals surface area contributed by atoms with Gasteiger partial charge >= 0.3 is 6.09 Å². The van der Waals surface area contributed by atoms with E-state index in [1.54, 1.807) is 0 Å². The van der Waals surface area contributed by atoms with E-state index in [0.29, 0.717) is 6.04 Å². The third kappa shape index (κ3) is 6.12. The average molecular weight is 464 g/mol. The van der Waals surface area contributed by atoms with E-state index in [1.807, 2.05) is 25.7 Å². The zero-order valence-electron chi connectivity index (χ0n) is 21.4. The van der Waals surface area contributed by atoms with Crippen LogP contribution in [0.2, 0.25) is 0 Å². The van der Waals surface area contributed by atoms with Crippen molar-refractivity contribution in [2.45, 2.75) is 77.1 Å². The SMILES string of the molecule is CC(C)(C)OC(=O)N1CCC(C)(N2CCC(N(Cc3ccccc3)c3ccccc3)CC2)CC1. The Morgan fingerprint density at radius 1 is 0.941 bits per heavy atom. The number of carbonyl (C=O) groups excluding carboxylic acids is 1. The fourth-order valence-electron chi connectivity index (χ4n) is 5.36. The number of para-hydroxylation sites is 1. The molecule has 0 atom stereocenters. The van der Waals surface area contributed by atoms with Gasteiger partial charge in [-0.3, -0.25) is 4.90 Å². The van der Waals surface area contributed by atoms with Crippen LogP contribution < -0.4 is 4.90 Å². The molecule has 4 rings (SSSR count). The molecule has 0 saturated carbocycles. The summed E-state index contributed by atoms with van der Waals surface area (Å²) in [5.74, 6) is 0. The number of benzene rings is 2. The van der Waals surface area contributed by atoms with Crippen molar-refractivity contribution in [1.82, 2.24) is 9.80 Å². The van der Waals surface area contributed by atoms with Crippen molar-refractivity contribution in [2.24, 2.45) is 0 Å². The number of anilines is 1. The summed E-state index contributed by atoms with van der Waals surface area (Å²) in [4.78, 5) is 19.7. The monoisotopic (exact) mass is 463 g/mol. The largest absolute Gasteiger partial charge is 0.444 e. The second kappa shape index (κ2) is 10.4. The zero-order valence-corrected chi connectivity index (χ0v) is 21.4. The molecule has 0 unspecified atom stereocenters. The van der Waals surface area contributed by atoms with E-state index in [-0.39, 0.29) is 11.6 Å². The van der Waals surface area contributed by atoms with Gasteiger partial charge in [-0.05, 0) is 71.1 Å². The predicted octanol–water partition coefficient (Wildman–Crippen LogP) is 5.95. The standard InChI is InChI=1S/C29H41N3O2/c1-28(2,3)34-27(33)30-21-17-29(4,18-22-30)31-19-15-26(16-20-31)32(25-13-9-6-10-14-25)23-24-11-7-5-8-12-24/h5-14,26H,15-23H2,1-4H3. The molecule has 1 amide bonds. The molecule has 2 aliphatic heterocycles. The molecule has 0 spiro atoms. The lowest BCUT2D eigenvalue weighted by atomic mass is 9.85. The number of hydrogen-bond donors (Lipinski definition) is 0. The highest BCUT2D eigenvalue weighted by atomic mass is 16.6. The Labute approximate surface area is 205 Å². The molecule has 34 heavy (non-hydrogen) atoms. The normalized spacial score (nSPS) is 19.6. The molecular weight excluding hydrogens is 422 g/mol. The maximum absolute atomic E-state index is 12.5. The lowest BCUT2D eigenvalue weighted by Crippen LogP contribution is -2.58. The van der Waals surface area contributed by atoms with Gasteiger partial charge < -0.3 is 14.5 Å². The first-order valence-corrected chi connectivity index (χ1v) is 12.8. The van der Waals surface area contributed by atoms with Gasteiger partial charge in [-0.2, -0.15) is 0 Å². The van der Waals surface area contributed by atoms with Crippen LogP contribution in [0, 0.1) is 0 Å². The van der Waals surface area contributed by atoms with Crippen molar-refractivity contribution in [1.29, 1.82) is 0 Å². The minimum atomic E-state index is -0.440. The van der Waals surface area contributed by atoms with Crippen molar-refractivity contribution in [3.63, 3.8) is 0 Å². The van der Waals surface area contributed by atoms with E-state index in [9.17, 15) is 4.79 Å². The molecule has 2 saturated heterocycles. The molecule has 0 bridgehead atoms. The number of rotatable bonds is 5. The summed E-state index contributed by atoms with van der Waals surface area (Å²) in [6, 6.07) is 22.2. The molecule has 2 heterocycles. The molecule has 5 heteroatoms. The number of hydrogen-bond acceptors (Lipinski definition) is 4. The average Bonchev–Trinajstić information content (AvgIpc) is 2.83. The van der Waals surface area contributed by atoms with Crippen LogP contribution in [0.25, 0.3) is 0 Å². The van der Waals surface area contributed by atoms with Crippen LogP contribution in [0.5, 0.6) is 0 Å².